The van der Waals surface area contributed by atoms with Crippen molar-refractivity contribution < 1.29 is 9.90 Å². The lowest BCUT2D eigenvalue weighted by Crippen LogP contribution is -2.33. The number of hydrogen-bond acceptors (Lipinski definition) is 2. The van der Waals surface area contributed by atoms with E-state index in [2.05, 4.69) is 5.32 Å². The Balaban J connectivity index is 2.19. The van der Waals surface area contributed by atoms with Gasteiger partial charge in [-0.15, -0.1) is 0 Å². The van der Waals surface area contributed by atoms with Crippen LogP contribution in [0.3, 0.4) is 0 Å². The van der Waals surface area contributed by atoms with Gasteiger partial charge < -0.3 is 10.4 Å². The van der Waals surface area contributed by atoms with Crippen LogP contribution in [0.4, 0.5) is 0 Å². The summed E-state index contributed by atoms with van der Waals surface area (Å²) in [6, 6.07) is 0.486. The molecule has 11 heavy (non-hydrogen) atoms. The van der Waals surface area contributed by atoms with Gasteiger partial charge in [0.2, 0.25) is 0 Å². The largest absolute Gasteiger partial charge is 0.481 e. The Labute approximate surface area is 65.8 Å². The number of carbonyl (C=O) groups is 1. The van der Waals surface area contributed by atoms with Gasteiger partial charge in [-0.25, -0.2) is 0 Å². The molecule has 1 aliphatic carbocycles. The predicted molar refractivity (Wildman–Crippen MR) is 40.3 cm³/mol. The van der Waals surface area contributed by atoms with E-state index in [1.54, 1.807) is 0 Å². The number of carboxylic acids is 1. The lowest BCUT2D eigenvalue weighted by Gasteiger charge is -2.26. The van der Waals surface area contributed by atoms with E-state index >= 15 is 0 Å². The van der Waals surface area contributed by atoms with Gasteiger partial charge in [-0.2, -0.15) is 0 Å². The molecule has 0 radical (unpaired) electrons. The minimum absolute atomic E-state index is 0.400. The summed E-state index contributed by atoms with van der Waals surface area (Å²) >= 11 is 0. The molecule has 0 aromatic heterocycles. The number of carboxylic acid groups (broad SMARTS) is 1. The molecule has 3 heteroatoms. The fourth-order valence-corrected chi connectivity index (χ4v) is 2.31. The molecule has 0 aromatic rings. The summed E-state index contributed by atoms with van der Waals surface area (Å²) in [6.45, 7) is 0.687. The first kappa shape index (κ1) is 7.10. The van der Waals surface area contributed by atoms with Gasteiger partial charge in [-0.1, -0.05) is 6.42 Å². The van der Waals surface area contributed by atoms with Crippen LogP contribution in [0.1, 0.15) is 25.7 Å². The molecular formula is C8H13NO2. The molecule has 2 bridgehead atoms. The van der Waals surface area contributed by atoms with E-state index in [0.717, 1.165) is 25.7 Å². The highest BCUT2D eigenvalue weighted by Gasteiger charge is 2.47. The van der Waals surface area contributed by atoms with Crippen molar-refractivity contribution in [2.75, 3.05) is 6.54 Å². The summed E-state index contributed by atoms with van der Waals surface area (Å²) in [5, 5.41) is 12.2. The minimum atomic E-state index is -0.604. The topological polar surface area (TPSA) is 49.3 Å². The molecule has 1 saturated heterocycles. The third kappa shape index (κ3) is 0.948. The molecular weight excluding hydrogens is 142 g/mol. The number of hydrogen-bond donors (Lipinski definition) is 2. The van der Waals surface area contributed by atoms with Crippen molar-refractivity contribution in [2.45, 2.75) is 31.7 Å². The summed E-state index contributed by atoms with van der Waals surface area (Å²) in [5.41, 5.74) is -0.400. The highest BCUT2D eigenvalue weighted by Crippen LogP contribution is 2.40. The van der Waals surface area contributed by atoms with Crippen LogP contribution in [0.5, 0.6) is 0 Å². The van der Waals surface area contributed by atoms with Gasteiger partial charge in [-0.3, -0.25) is 4.79 Å². The third-order valence-electron chi connectivity index (χ3n) is 3.03. The molecule has 1 heterocycles. The first-order valence-corrected chi connectivity index (χ1v) is 4.20. The molecule has 2 fully saturated rings. The number of nitrogens with one attached hydrogen (secondary N) is 1. The number of rotatable bonds is 1. The molecule has 2 rings (SSSR count). The van der Waals surface area contributed by atoms with Gasteiger partial charge >= 0.3 is 5.97 Å². The smallest absolute Gasteiger partial charge is 0.310 e. The van der Waals surface area contributed by atoms with E-state index in [-0.39, 0.29) is 0 Å². The Morgan fingerprint density at radius 1 is 1.64 bits per heavy atom. The number of aliphatic carboxylic acids is 1. The van der Waals surface area contributed by atoms with Gasteiger partial charge in [0, 0.05) is 12.6 Å². The second-order valence-corrected chi connectivity index (χ2v) is 3.76. The van der Waals surface area contributed by atoms with E-state index in [0.29, 0.717) is 12.6 Å². The van der Waals surface area contributed by atoms with Crippen molar-refractivity contribution in [1.82, 2.24) is 5.32 Å². The Morgan fingerprint density at radius 2 is 2.45 bits per heavy atom. The van der Waals surface area contributed by atoms with Crippen molar-refractivity contribution in [3.05, 3.63) is 0 Å². The average Bonchev–Trinajstić information content (AvgIpc) is 2.29. The quantitative estimate of drug-likeness (QED) is 0.583. The van der Waals surface area contributed by atoms with Gasteiger partial charge in [-0.05, 0) is 19.3 Å². The molecule has 0 spiro atoms. The molecule has 3 nitrogen and oxygen atoms in total. The average molecular weight is 155 g/mol. The fraction of sp³-hybridized carbons (Fsp3) is 0.875. The van der Waals surface area contributed by atoms with Crippen LogP contribution >= 0.6 is 0 Å². The molecule has 2 aliphatic rings. The summed E-state index contributed by atoms with van der Waals surface area (Å²) in [4.78, 5) is 10.9. The standard InChI is InChI=1S/C8H13NO2/c10-7(11)8-3-1-2-6(4-8)9-5-8/h6,9H,1-5H2,(H,10,11). The van der Waals surface area contributed by atoms with Gasteiger partial charge in [0.15, 0.2) is 0 Å². The lowest BCUT2D eigenvalue weighted by atomic mass is 9.76. The SMILES string of the molecule is O=C(O)C12CCCC(C1)NC2. The Kier molecular flexibility index (Phi) is 1.42. The van der Waals surface area contributed by atoms with Crippen molar-refractivity contribution in [3.63, 3.8) is 0 Å². The van der Waals surface area contributed by atoms with E-state index < -0.39 is 11.4 Å². The molecule has 0 amide bonds. The van der Waals surface area contributed by atoms with Gasteiger partial charge in [0.1, 0.15) is 0 Å². The van der Waals surface area contributed by atoms with Crippen LogP contribution in [-0.2, 0) is 4.79 Å². The predicted octanol–water partition coefficient (Wildman–Crippen LogP) is 0.603. The second kappa shape index (κ2) is 2.21. The van der Waals surface area contributed by atoms with Crippen LogP contribution in [0.15, 0.2) is 0 Å². The molecule has 1 saturated carbocycles. The molecule has 0 aromatic carbocycles. The molecule has 2 atom stereocenters. The Bertz CT molecular complexity index is 189. The van der Waals surface area contributed by atoms with Crippen molar-refractivity contribution in [2.24, 2.45) is 5.41 Å². The second-order valence-electron chi connectivity index (χ2n) is 3.76. The monoisotopic (exact) mass is 155 g/mol. The third-order valence-corrected chi connectivity index (χ3v) is 3.03. The van der Waals surface area contributed by atoms with Gasteiger partial charge in [0.25, 0.3) is 0 Å². The maximum atomic E-state index is 10.9. The zero-order valence-electron chi connectivity index (χ0n) is 6.47. The maximum Gasteiger partial charge on any atom is 0.310 e. The maximum absolute atomic E-state index is 10.9. The highest BCUT2D eigenvalue weighted by molar-refractivity contribution is 5.75. The summed E-state index contributed by atoms with van der Waals surface area (Å²) in [7, 11) is 0. The van der Waals surface area contributed by atoms with Crippen molar-refractivity contribution in [3.8, 4) is 0 Å². The summed E-state index contributed by atoms with van der Waals surface area (Å²) in [5.74, 6) is -0.604. The Hall–Kier alpha value is -0.570. The zero-order chi connectivity index (χ0) is 7.90. The van der Waals surface area contributed by atoms with E-state index in [1.165, 1.54) is 0 Å². The summed E-state index contributed by atoms with van der Waals surface area (Å²) < 4.78 is 0. The first-order valence-electron chi connectivity index (χ1n) is 4.20. The Morgan fingerprint density at radius 3 is 3.09 bits per heavy atom. The molecule has 2 unspecified atom stereocenters. The van der Waals surface area contributed by atoms with Crippen LogP contribution in [0.2, 0.25) is 0 Å². The van der Waals surface area contributed by atoms with E-state index in [1.807, 2.05) is 0 Å². The lowest BCUT2D eigenvalue weighted by molar-refractivity contribution is -0.148. The van der Waals surface area contributed by atoms with Crippen LogP contribution in [-0.4, -0.2) is 23.7 Å². The number of fused-ring (bicyclic) bond motifs is 2. The van der Waals surface area contributed by atoms with Crippen molar-refractivity contribution in [1.29, 1.82) is 0 Å². The highest BCUT2D eigenvalue weighted by atomic mass is 16.4. The van der Waals surface area contributed by atoms with Crippen LogP contribution in [0, 0.1) is 5.41 Å². The van der Waals surface area contributed by atoms with Crippen molar-refractivity contribution >= 4 is 5.97 Å². The van der Waals surface area contributed by atoms with E-state index in [9.17, 15) is 4.79 Å². The van der Waals surface area contributed by atoms with Crippen LogP contribution in [0.25, 0.3) is 0 Å². The van der Waals surface area contributed by atoms with E-state index in [4.69, 9.17) is 5.11 Å². The molecule has 62 valence electrons. The van der Waals surface area contributed by atoms with Crippen LogP contribution < -0.4 is 5.32 Å². The molecule has 1 aliphatic heterocycles. The normalized spacial score (nSPS) is 42.4. The molecule has 2 N–H and O–H groups in total. The van der Waals surface area contributed by atoms with Gasteiger partial charge in [0.05, 0.1) is 5.41 Å². The first-order chi connectivity index (χ1) is 5.23. The zero-order valence-corrected chi connectivity index (χ0v) is 6.47. The minimum Gasteiger partial charge on any atom is -0.481 e. The fourth-order valence-electron chi connectivity index (χ4n) is 2.31. The summed E-state index contributed by atoms with van der Waals surface area (Å²) in [6.07, 6.45) is 3.95.